The monoisotopic (exact) mass is 329 g/mol. The molecule has 1 unspecified atom stereocenters. The molecule has 2 rings (SSSR count). The van der Waals surface area contributed by atoms with E-state index in [1.165, 1.54) is 16.0 Å². The van der Waals surface area contributed by atoms with E-state index in [-0.39, 0.29) is 6.04 Å². The topological polar surface area (TPSA) is 12.0 Å². The van der Waals surface area contributed by atoms with Crippen molar-refractivity contribution >= 4 is 38.9 Å². The van der Waals surface area contributed by atoms with E-state index in [1.807, 2.05) is 19.2 Å². The van der Waals surface area contributed by atoms with E-state index >= 15 is 0 Å². The fourth-order valence-electron chi connectivity index (χ4n) is 1.90. The maximum absolute atomic E-state index is 5.99. The summed E-state index contributed by atoms with van der Waals surface area (Å²) in [6, 6.07) is 10.5. The number of hydrogen-bond donors (Lipinski definition) is 1. The summed E-state index contributed by atoms with van der Waals surface area (Å²) in [5, 5.41) is 4.14. The minimum Gasteiger partial charge on any atom is -0.309 e. The van der Waals surface area contributed by atoms with Crippen molar-refractivity contribution in [2.45, 2.75) is 13.0 Å². The van der Waals surface area contributed by atoms with Crippen molar-refractivity contribution in [2.75, 3.05) is 7.05 Å². The van der Waals surface area contributed by atoms with Gasteiger partial charge in [-0.3, -0.25) is 0 Å². The minimum atomic E-state index is 0.226. The second-order valence-electron chi connectivity index (χ2n) is 3.86. The van der Waals surface area contributed by atoms with Gasteiger partial charge < -0.3 is 5.32 Å². The van der Waals surface area contributed by atoms with Gasteiger partial charge >= 0.3 is 0 Å². The molecule has 0 amide bonds. The quantitative estimate of drug-likeness (QED) is 0.854. The van der Waals surface area contributed by atoms with Gasteiger partial charge in [-0.05, 0) is 65.3 Å². The molecule has 0 saturated carbocycles. The summed E-state index contributed by atoms with van der Waals surface area (Å²) in [7, 11) is 1.98. The highest BCUT2D eigenvalue weighted by Crippen LogP contribution is 2.33. The first-order chi connectivity index (χ1) is 8.11. The average Bonchev–Trinajstić information content (AvgIpc) is 2.69. The Balaban J connectivity index is 2.42. The Labute approximate surface area is 119 Å². The molecule has 1 N–H and O–H groups in total. The number of halogens is 2. The van der Waals surface area contributed by atoms with Gasteiger partial charge in [0.1, 0.15) is 0 Å². The van der Waals surface area contributed by atoms with Gasteiger partial charge in [0, 0.05) is 9.90 Å². The number of thiophene rings is 1. The summed E-state index contributed by atoms with van der Waals surface area (Å²) in [4.78, 5) is 1.30. The van der Waals surface area contributed by atoms with Crippen LogP contribution in [0, 0.1) is 6.92 Å². The summed E-state index contributed by atoms with van der Waals surface area (Å²) in [6.45, 7) is 2.09. The van der Waals surface area contributed by atoms with E-state index in [1.54, 1.807) is 11.3 Å². The standard InChI is InChI=1S/C13H13BrClNS/c1-8-7-9(15)3-4-10(8)13(16-2)11-5-6-12(14)17-11/h3-7,13,16H,1-2H3. The Bertz CT molecular complexity index is 524. The second kappa shape index (κ2) is 5.53. The van der Waals surface area contributed by atoms with Crippen molar-refractivity contribution < 1.29 is 0 Å². The lowest BCUT2D eigenvalue weighted by atomic mass is 10.0. The Hall–Kier alpha value is -0.350. The van der Waals surface area contributed by atoms with Gasteiger partial charge in [-0.15, -0.1) is 11.3 Å². The molecular formula is C13H13BrClNS. The molecule has 2 aromatic rings. The highest BCUT2D eigenvalue weighted by Gasteiger charge is 2.16. The van der Waals surface area contributed by atoms with Crippen LogP contribution < -0.4 is 5.32 Å². The minimum absolute atomic E-state index is 0.226. The molecule has 4 heteroatoms. The fourth-order valence-corrected chi connectivity index (χ4v) is 3.68. The van der Waals surface area contributed by atoms with Crippen molar-refractivity contribution in [2.24, 2.45) is 0 Å². The van der Waals surface area contributed by atoms with Gasteiger partial charge in [0.2, 0.25) is 0 Å². The molecular weight excluding hydrogens is 318 g/mol. The largest absolute Gasteiger partial charge is 0.309 e. The van der Waals surface area contributed by atoms with Crippen LogP contribution in [0.5, 0.6) is 0 Å². The summed E-state index contributed by atoms with van der Waals surface area (Å²) < 4.78 is 1.15. The molecule has 90 valence electrons. The molecule has 0 saturated heterocycles. The molecule has 0 fully saturated rings. The van der Waals surface area contributed by atoms with E-state index in [0.717, 1.165) is 8.81 Å². The van der Waals surface area contributed by atoms with Crippen LogP contribution in [0.2, 0.25) is 5.02 Å². The Kier molecular flexibility index (Phi) is 4.26. The molecule has 17 heavy (non-hydrogen) atoms. The number of aryl methyl sites for hydroxylation is 1. The van der Waals surface area contributed by atoms with Crippen LogP contribution in [0.4, 0.5) is 0 Å². The van der Waals surface area contributed by atoms with Crippen molar-refractivity contribution in [3.63, 3.8) is 0 Å². The number of nitrogens with one attached hydrogen (secondary N) is 1. The number of benzene rings is 1. The van der Waals surface area contributed by atoms with Gasteiger partial charge in [-0.25, -0.2) is 0 Å². The predicted molar refractivity (Wildman–Crippen MR) is 79.1 cm³/mol. The van der Waals surface area contributed by atoms with E-state index in [9.17, 15) is 0 Å². The van der Waals surface area contributed by atoms with Gasteiger partial charge in [0.05, 0.1) is 9.83 Å². The van der Waals surface area contributed by atoms with Gasteiger partial charge in [-0.2, -0.15) is 0 Å². The third kappa shape index (κ3) is 2.91. The van der Waals surface area contributed by atoms with Crippen molar-refractivity contribution in [1.29, 1.82) is 0 Å². The molecule has 0 aliphatic rings. The van der Waals surface area contributed by atoms with Crippen molar-refractivity contribution in [3.8, 4) is 0 Å². The van der Waals surface area contributed by atoms with E-state index in [4.69, 9.17) is 11.6 Å². The zero-order valence-corrected chi connectivity index (χ0v) is 12.8. The Morgan fingerprint density at radius 2 is 2.06 bits per heavy atom. The lowest BCUT2D eigenvalue weighted by molar-refractivity contribution is 0.699. The lowest BCUT2D eigenvalue weighted by Crippen LogP contribution is -2.17. The molecule has 1 nitrogen and oxygen atoms in total. The number of hydrogen-bond acceptors (Lipinski definition) is 2. The average molecular weight is 331 g/mol. The van der Waals surface area contributed by atoms with Crippen molar-refractivity contribution in [1.82, 2.24) is 5.32 Å². The van der Waals surface area contributed by atoms with E-state index in [0.29, 0.717) is 0 Å². The smallest absolute Gasteiger partial charge is 0.0702 e. The molecule has 1 atom stereocenters. The van der Waals surface area contributed by atoms with Crippen LogP contribution in [0.1, 0.15) is 22.0 Å². The number of rotatable bonds is 3. The molecule has 0 aliphatic carbocycles. The highest BCUT2D eigenvalue weighted by molar-refractivity contribution is 9.11. The second-order valence-corrected chi connectivity index (χ2v) is 6.80. The first kappa shape index (κ1) is 13.1. The maximum atomic E-state index is 5.99. The Morgan fingerprint density at radius 3 is 2.59 bits per heavy atom. The summed E-state index contributed by atoms with van der Waals surface area (Å²) >= 11 is 11.2. The van der Waals surface area contributed by atoms with Crippen LogP contribution in [-0.4, -0.2) is 7.05 Å². The molecule has 0 radical (unpaired) electrons. The maximum Gasteiger partial charge on any atom is 0.0702 e. The lowest BCUT2D eigenvalue weighted by Gasteiger charge is -2.17. The van der Waals surface area contributed by atoms with Crippen LogP contribution in [0.15, 0.2) is 34.1 Å². The predicted octanol–water partition coefficient (Wildman–Crippen LogP) is 4.78. The molecule has 0 bridgehead atoms. The van der Waals surface area contributed by atoms with Gasteiger partial charge in [0.15, 0.2) is 0 Å². The molecule has 1 aromatic heterocycles. The molecule has 0 spiro atoms. The molecule has 1 aromatic carbocycles. The zero-order chi connectivity index (χ0) is 12.4. The normalized spacial score (nSPS) is 12.7. The molecule has 0 aliphatic heterocycles. The van der Waals surface area contributed by atoms with Crippen LogP contribution in [0.25, 0.3) is 0 Å². The Morgan fingerprint density at radius 1 is 1.29 bits per heavy atom. The van der Waals surface area contributed by atoms with Crippen LogP contribution >= 0.6 is 38.9 Å². The van der Waals surface area contributed by atoms with Gasteiger partial charge in [0.25, 0.3) is 0 Å². The van der Waals surface area contributed by atoms with Crippen molar-refractivity contribution in [3.05, 3.63) is 55.1 Å². The fraction of sp³-hybridized carbons (Fsp3) is 0.231. The first-order valence-electron chi connectivity index (χ1n) is 5.30. The highest BCUT2D eigenvalue weighted by atomic mass is 79.9. The van der Waals surface area contributed by atoms with E-state index in [2.05, 4.69) is 46.4 Å². The third-order valence-electron chi connectivity index (χ3n) is 2.71. The summed E-state index contributed by atoms with van der Waals surface area (Å²) in [5.41, 5.74) is 2.48. The summed E-state index contributed by atoms with van der Waals surface area (Å²) in [6.07, 6.45) is 0. The first-order valence-corrected chi connectivity index (χ1v) is 7.29. The van der Waals surface area contributed by atoms with E-state index < -0.39 is 0 Å². The van der Waals surface area contributed by atoms with Gasteiger partial charge in [-0.1, -0.05) is 17.7 Å². The zero-order valence-electron chi connectivity index (χ0n) is 9.63. The van der Waals surface area contributed by atoms with Crippen LogP contribution in [0.3, 0.4) is 0 Å². The van der Waals surface area contributed by atoms with Crippen LogP contribution in [-0.2, 0) is 0 Å². The third-order valence-corrected chi connectivity index (χ3v) is 4.63. The SMILES string of the molecule is CNC(c1ccc(Br)s1)c1ccc(Cl)cc1C. The molecule has 1 heterocycles. The summed E-state index contributed by atoms with van der Waals surface area (Å²) in [5.74, 6) is 0.